The van der Waals surface area contributed by atoms with Crippen molar-refractivity contribution in [3.63, 3.8) is 0 Å². The van der Waals surface area contributed by atoms with Gasteiger partial charge in [0.15, 0.2) is 0 Å². The number of thiocarbonyl (C=S) groups is 1. The normalized spacial score (nSPS) is 13.9. The number of aryl methyl sites for hydroxylation is 1. The molecule has 14 nitrogen and oxygen atoms in total. The summed E-state index contributed by atoms with van der Waals surface area (Å²) < 4.78 is 54.6. The molecule has 0 bridgehead atoms. The SMILES string of the molecule is CN(C)c1ccc(C#N)c(C(F)(F)F)c1.Cc1ncsc1-c1ccc(CNC(=O)C2CCCN2C(=O)C(NC(=O)COCCCOCCCCOc2ccc(N(C=S)C(C)(C)C=O)cc2)C(C)C)cc1. The standard InChI is InChI=1S/C41H55N5O7S2.C10H9F3N2/c1-29(2)37(40(50)45-19-8-10-35(45)39(49)42-24-31-11-13-32(14-12-31)38-30(3)43-27-55-38)44-36(48)25-52-22-9-21-51-20-6-7-23-53-34-17-15-33(16-18-34)46(28-54)41(4,5)26-47;1-15(2)8-4-3-7(6-14)9(5-8)10(11,12)13/h11-18,26-29,35,37H,6-10,19-25H2,1-5H3,(H,42,49)(H,44,48);3-5H,1-2H3. The van der Waals surface area contributed by atoms with Crippen LogP contribution in [0.3, 0.4) is 0 Å². The molecule has 2 heterocycles. The van der Waals surface area contributed by atoms with Crippen molar-refractivity contribution in [2.75, 3.05) is 63.5 Å². The number of hydrogen-bond donors (Lipinski definition) is 2. The van der Waals surface area contributed by atoms with Gasteiger partial charge in [0.2, 0.25) is 17.7 Å². The average molecular weight is 1010 g/mol. The molecule has 0 aliphatic carbocycles. The summed E-state index contributed by atoms with van der Waals surface area (Å²) in [6.07, 6.45) is -0.0428. The van der Waals surface area contributed by atoms with Crippen molar-refractivity contribution < 1.29 is 46.6 Å². The number of rotatable bonds is 24. The minimum atomic E-state index is -4.49. The van der Waals surface area contributed by atoms with Crippen LogP contribution in [-0.4, -0.2) is 111 Å². The van der Waals surface area contributed by atoms with Gasteiger partial charge in [0.05, 0.1) is 50.9 Å². The number of hydrogen-bond acceptors (Lipinski definition) is 12. The molecule has 2 N–H and O–H groups in total. The van der Waals surface area contributed by atoms with Crippen LogP contribution >= 0.6 is 23.6 Å². The van der Waals surface area contributed by atoms with Crippen LogP contribution in [0.1, 0.15) is 82.2 Å². The van der Waals surface area contributed by atoms with Crippen LogP contribution in [0, 0.1) is 24.2 Å². The topological polar surface area (TPSA) is 166 Å². The summed E-state index contributed by atoms with van der Waals surface area (Å²) in [6.45, 7) is 12.0. The van der Waals surface area contributed by atoms with Gasteiger partial charge in [-0.25, -0.2) is 4.98 Å². The first kappa shape index (κ1) is 56.6. The smallest absolute Gasteiger partial charge is 0.417 e. The van der Waals surface area contributed by atoms with Gasteiger partial charge in [0, 0.05) is 58.4 Å². The highest BCUT2D eigenvalue weighted by Crippen LogP contribution is 2.34. The maximum Gasteiger partial charge on any atom is 0.417 e. The Balaban J connectivity index is 0.000000604. The highest BCUT2D eigenvalue weighted by molar-refractivity contribution is 7.79. The summed E-state index contributed by atoms with van der Waals surface area (Å²) in [7, 11) is 3.28. The third-order valence-electron chi connectivity index (χ3n) is 11.4. The Labute approximate surface area is 418 Å². The Kier molecular flexibility index (Phi) is 22.2. The molecule has 1 fully saturated rings. The summed E-state index contributed by atoms with van der Waals surface area (Å²) in [5, 5.41) is 14.4. The summed E-state index contributed by atoms with van der Waals surface area (Å²) in [6, 6.07) is 19.3. The molecule has 0 radical (unpaired) electrons. The molecule has 3 aromatic carbocycles. The molecule has 1 aliphatic heterocycles. The molecule has 1 aromatic heterocycles. The first-order valence-electron chi connectivity index (χ1n) is 23.1. The van der Waals surface area contributed by atoms with E-state index in [1.807, 2.05) is 74.8 Å². The monoisotopic (exact) mass is 1010 g/mol. The molecule has 378 valence electrons. The number of benzene rings is 3. The van der Waals surface area contributed by atoms with Gasteiger partial charge in [-0.1, -0.05) is 50.3 Å². The molecule has 70 heavy (non-hydrogen) atoms. The Morgan fingerprint density at radius 1 is 0.971 bits per heavy atom. The van der Waals surface area contributed by atoms with E-state index in [-0.39, 0.29) is 35.8 Å². The summed E-state index contributed by atoms with van der Waals surface area (Å²) >= 11 is 6.69. The number of likely N-dealkylation sites (tertiary alicyclic amines) is 1. The molecule has 0 saturated carbocycles. The van der Waals surface area contributed by atoms with E-state index < -0.39 is 29.4 Å². The fourth-order valence-corrected chi connectivity index (χ4v) is 8.53. The van der Waals surface area contributed by atoms with Gasteiger partial charge in [-0.2, -0.15) is 18.4 Å². The molecule has 0 spiro atoms. The van der Waals surface area contributed by atoms with E-state index in [9.17, 15) is 32.3 Å². The molecule has 4 aromatic rings. The Morgan fingerprint density at radius 2 is 1.63 bits per heavy atom. The highest BCUT2D eigenvalue weighted by atomic mass is 32.1. The fourth-order valence-electron chi connectivity index (χ4n) is 7.33. The second-order valence-corrected chi connectivity index (χ2v) is 18.8. The number of halogens is 3. The third-order valence-corrected chi connectivity index (χ3v) is 12.5. The van der Waals surface area contributed by atoms with E-state index in [0.29, 0.717) is 58.0 Å². The van der Waals surface area contributed by atoms with E-state index in [1.54, 1.807) is 54.0 Å². The first-order chi connectivity index (χ1) is 33.3. The van der Waals surface area contributed by atoms with E-state index in [4.69, 9.17) is 31.7 Å². The number of amides is 3. The number of anilines is 2. The number of nitriles is 1. The summed E-state index contributed by atoms with van der Waals surface area (Å²) in [4.78, 5) is 61.4. The van der Waals surface area contributed by atoms with E-state index in [1.165, 1.54) is 23.7 Å². The zero-order valence-corrected chi connectivity index (χ0v) is 42.5. The van der Waals surface area contributed by atoms with Crippen molar-refractivity contribution in [2.24, 2.45) is 5.92 Å². The van der Waals surface area contributed by atoms with Gasteiger partial charge in [0.25, 0.3) is 0 Å². The molecule has 2 unspecified atom stereocenters. The maximum atomic E-state index is 13.6. The van der Waals surface area contributed by atoms with E-state index in [2.05, 4.69) is 15.6 Å². The van der Waals surface area contributed by atoms with Gasteiger partial charge in [-0.15, -0.1) is 11.3 Å². The molecule has 2 atom stereocenters. The number of nitrogens with one attached hydrogen (secondary N) is 2. The van der Waals surface area contributed by atoms with Crippen LogP contribution in [0.15, 0.2) is 72.2 Å². The molecular formula is C51H64F3N7O7S2. The number of ether oxygens (including phenoxy) is 3. The predicted molar refractivity (Wildman–Crippen MR) is 270 cm³/mol. The Morgan fingerprint density at radius 3 is 2.23 bits per heavy atom. The maximum absolute atomic E-state index is 13.6. The molecule has 5 rings (SSSR count). The van der Waals surface area contributed by atoms with Crippen LogP contribution in [0.25, 0.3) is 10.4 Å². The Bertz CT molecular complexity index is 2370. The quantitative estimate of drug-likeness (QED) is 0.0391. The van der Waals surface area contributed by atoms with Gasteiger partial charge >= 0.3 is 6.18 Å². The van der Waals surface area contributed by atoms with Crippen molar-refractivity contribution in [1.29, 1.82) is 5.26 Å². The molecule has 19 heteroatoms. The predicted octanol–water partition coefficient (Wildman–Crippen LogP) is 8.53. The number of thiazole rings is 1. The van der Waals surface area contributed by atoms with Crippen molar-refractivity contribution in [2.45, 2.75) is 97.1 Å². The number of nitrogens with zero attached hydrogens (tertiary/aromatic N) is 5. The lowest BCUT2D eigenvalue weighted by Gasteiger charge is -2.32. The summed E-state index contributed by atoms with van der Waals surface area (Å²) in [5.41, 5.74) is 5.61. The molecule has 1 aliphatic rings. The molecule has 3 amide bonds. The number of carbonyl (C=O) groups excluding carboxylic acids is 4. The average Bonchev–Trinajstić information content (AvgIpc) is 4.01. The van der Waals surface area contributed by atoms with Gasteiger partial charge < -0.3 is 44.3 Å². The number of unbranched alkanes of at least 4 members (excludes halogenated alkanes) is 1. The number of carbonyl (C=O) groups is 4. The second-order valence-electron chi connectivity index (χ2n) is 17.7. The minimum absolute atomic E-state index is 0.168. The van der Waals surface area contributed by atoms with Crippen LogP contribution in [0.2, 0.25) is 0 Å². The number of aldehydes is 1. The lowest BCUT2D eigenvalue weighted by molar-refractivity contribution is -0.143. The zero-order chi connectivity index (χ0) is 51.4. The lowest BCUT2D eigenvalue weighted by atomic mass is 10.0. The Hall–Kier alpha value is -5.94. The minimum Gasteiger partial charge on any atom is -0.494 e. The second kappa shape index (κ2) is 27.5. The first-order valence-corrected chi connectivity index (χ1v) is 24.4. The molecular weight excluding hydrogens is 944 g/mol. The van der Waals surface area contributed by atoms with Crippen LogP contribution in [-0.2, 0) is 41.4 Å². The van der Waals surface area contributed by atoms with Crippen LogP contribution in [0.4, 0.5) is 24.5 Å². The third kappa shape index (κ3) is 16.9. The fraction of sp³-hybridized carbons (Fsp3) is 0.471. The van der Waals surface area contributed by atoms with Gasteiger partial charge in [0.1, 0.15) is 30.7 Å². The molecule has 1 saturated heterocycles. The van der Waals surface area contributed by atoms with Crippen LogP contribution in [0.5, 0.6) is 5.75 Å². The lowest BCUT2D eigenvalue weighted by Crippen LogP contribution is -2.55. The van der Waals surface area contributed by atoms with Crippen LogP contribution < -0.4 is 25.2 Å². The summed E-state index contributed by atoms with van der Waals surface area (Å²) in [5.74, 6) is -0.256. The van der Waals surface area contributed by atoms with Crippen molar-refractivity contribution in [3.05, 3.63) is 94.6 Å². The zero-order valence-electron chi connectivity index (χ0n) is 40.8. The highest BCUT2D eigenvalue weighted by Gasteiger charge is 2.39. The largest absolute Gasteiger partial charge is 0.494 e. The van der Waals surface area contributed by atoms with Crippen molar-refractivity contribution >= 4 is 64.4 Å². The van der Waals surface area contributed by atoms with Gasteiger partial charge in [-0.05, 0) is 112 Å². The van der Waals surface area contributed by atoms with E-state index in [0.717, 1.165) is 64.7 Å². The number of aromatic nitrogens is 1. The van der Waals surface area contributed by atoms with Crippen molar-refractivity contribution in [3.8, 4) is 22.3 Å². The number of alkyl halides is 3. The van der Waals surface area contributed by atoms with Gasteiger partial charge in [-0.3, -0.25) is 14.4 Å². The van der Waals surface area contributed by atoms with Crippen molar-refractivity contribution in [1.82, 2.24) is 20.5 Å². The van der Waals surface area contributed by atoms with E-state index >= 15 is 0 Å².